The molecule has 0 fully saturated rings. The summed E-state index contributed by atoms with van der Waals surface area (Å²) in [7, 11) is 0. The minimum absolute atomic E-state index is 0.248. The SMILES string of the molecule is Cc1cc(-c2cnn(C(CO)CO)c2)c2c(c1)[C@@H](C(F)(F)F)c1ccccc1-2. The fraction of sp³-hybridized carbons (Fsp3) is 0.286. The lowest BCUT2D eigenvalue weighted by Gasteiger charge is -2.18. The van der Waals surface area contributed by atoms with Gasteiger partial charge in [-0.1, -0.05) is 42.0 Å². The molecule has 2 N–H and O–H groups in total. The second kappa shape index (κ2) is 6.76. The van der Waals surface area contributed by atoms with E-state index in [-0.39, 0.29) is 24.3 Å². The second-order valence-electron chi connectivity index (χ2n) is 7.07. The third-order valence-electron chi connectivity index (χ3n) is 5.20. The van der Waals surface area contributed by atoms with Crippen molar-refractivity contribution in [3.8, 4) is 22.3 Å². The van der Waals surface area contributed by atoms with Gasteiger partial charge in [0.25, 0.3) is 0 Å². The van der Waals surface area contributed by atoms with Crippen molar-refractivity contribution >= 4 is 0 Å². The molecule has 1 aliphatic carbocycles. The molecule has 0 spiro atoms. The topological polar surface area (TPSA) is 58.3 Å². The van der Waals surface area contributed by atoms with Crippen molar-refractivity contribution in [3.05, 3.63) is 65.5 Å². The van der Waals surface area contributed by atoms with Crippen LogP contribution in [0.5, 0.6) is 0 Å². The molecule has 4 nitrogen and oxygen atoms in total. The summed E-state index contributed by atoms with van der Waals surface area (Å²) in [6, 6.07) is 9.47. The zero-order valence-electron chi connectivity index (χ0n) is 15.1. The third-order valence-corrected chi connectivity index (χ3v) is 5.20. The standard InChI is InChI=1S/C21H19F3N2O2/c1-12-6-17(13-8-25-26(9-13)14(10-27)11-28)19-15-4-2-3-5-16(15)20(18(19)7-12)21(22,23)24/h2-9,14,20,27-28H,10-11H2,1H3/t20-/m0/s1. The molecule has 2 aromatic carbocycles. The summed E-state index contributed by atoms with van der Waals surface area (Å²) in [4.78, 5) is 0. The van der Waals surface area contributed by atoms with Gasteiger partial charge in [-0.05, 0) is 34.7 Å². The molecule has 28 heavy (non-hydrogen) atoms. The molecule has 0 amide bonds. The highest BCUT2D eigenvalue weighted by atomic mass is 19.4. The molecule has 4 rings (SSSR count). The minimum Gasteiger partial charge on any atom is -0.394 e. The van der Waals surface area contributed by atoms with Crippen LogP contribution in [-0.4, -0.2) is 39.4 Å². The Bertz CT molecular complexity index is 1020. The maximum atomic E-state index is 13.9. The van der Waals surface area contributed by atoms with Gasteiger partial charge in [0, 0.05) is 11.8 Å². The summed E-state index contributed by atoms with van der Waals surface area (Å²) in [5, 5.41) is 22.9. The van der Waals surface area contributed by atoms with E-state index in [1.165, 1.54) is 10.7 Å². The number of nitrogens with zero attached hydrogens (tertiary/aromatic N) is 2. The van der Waals surface area contributed by atoms with Gasteiger partial charge in [0.15, 0.2) is 0 Å². The lowest BCUT2D eigenvalue weighted by Crippen LogP contribution is -2.20. The second-order valence-corrected chi connectivity index (χ2v) is 7.07. The molecule has 3 aromatic rings. The normalized spacial score (nSPS) is 15.8. The van der Waals surface area contributed by atoms with Gasteiger partial charge in [-0.3, -0.25) is 4.68 Å². The molecule has 1 aliphatic rings. The first-order valence-corrected chi connectivity index (χ1v) is 8.92. The van der Waals surface area contributed by atoms with Gasteiger partial charge in [-0.2, -0.15) is 18.3 Å². The summed E-state index contributed by atoms with van der Waals surface area (Å²) < 4.78 is 43.2. The number of hydrogen-bond donors (Lipinski definition) is 2. The zero-order chi connectivity index (χ0) is 20.1. The van der Waals surface area contributed by atoms with E-state index in [1.807, 2.05) is 6.07 Å². The van der Waals surface area contributed by atoms with E-state index in [4.69, 9.17) is 0 Å². The molecular weight excluding hydrogens is 369 g/mol. The molecule has 1 atom stereocenters. The van der Waals surface area contributed by atoms with E-state index < -0.39 is 18.1 Å². The smallest absolute Gasteiger partial charge is 0.394 e. The van der Waals surface area contributed by atoms with E-state index >= 15 is 0 Å². The van der Waals surface area contributed by atoms with Crippen molar-refractivity contribution in [2.45, 2.75) is 25.1 Å². The molecule has 146 valence electrons. The lowest BCUT2D eigenvalue weighted by atomic mass is 9.91. The van der Waals surface area contributed by atoms with Crippen molar-refractivity contribution < 1.29 is 23.4 Å². The number of aliphatic hydroxyl groups is 2. The van der Waals surface area contributed by atoms with Gasteiger partial charge in [0.1, 0.15) is 5.92 Å². The molecule has 1 aromatic heterocycles. The Morgan fingerprint density at radius 1 is 1.07 bits per heavy atom. The maximum absolute atomic E-state index is 13.9. The lowest BCUT2D eigenvalue weighted by molar-refractivity contribution is -0.140. The van der Waals surface area contributed by atoms with E-state index in [1.54, 1.807) is 43.6 Å². The fourth-order valence-corrected chi connectivity index (χ4v) is 3.97. The molecule has 0 aliphatic heterocycles. The van der Waals surface area contributed by atoms with Crippen LogP contribution in [0.3, 0.4) is 0 Å². The van der Waals surface area contributed by atoms with Crippen LogP contribution >= 0.6 is 0 Å². The highest BCUT2D eigenvalue weighted by Crippen LogP contribution is 2.54. The Labute approximate surface area is 159 Å². The molecule has 0 bridgehead atoms. The van der Waals surface area contributed by atoms with E-state index in [0.717, 1.165) is 5.56 Å². The fourth-order valence-electron chi connectivity index (χ4n) is 3.97. The number of hydrogen-bond acceptors (Lipinski definition) is 3. The van der Waals surface area contributed by atoms with Crippen molar-refractivity contribution in [1.82, 2.24) is 9.78 Å². The summed E-state index contributed by atoms with van der Waals surface area (Å²) in [6.07, 6.45) is -1.19. The summed E-state index contributed by atoms with van der Waals surface area (Å²) in [5.41, 5.74) is 3.67. The predicted molar refractivity (Wildman–Crippen MR) is 98.9 cm³/mol. The van der Waals surface area contributed by atoms with Gasteiger partial charge in [-0.15, -0.1) is 0 Å². The largest absolute Gasteiger partial charge is 0.399 e. The van der Waals surface area contributed by atoms with Gasteiger partial charge in [-0.25, -0.2) is 0 Å². The molecule has 0 unspecified atom stereocenters. The zero-order valence-corrected chi connectivity index (χ0v) is 15.1. The van der Waals surface area contributed by atoms with Gasteiger partial charge < -0.3 is 10.2 Å². The first-order chi connectivity index (χ1) is 13.3. The molecular formula is C21H19F3N2O2. The average molecular weight is 388 g/mol. The number of fused-ring (bicyclic) bond motifs is 3. The van der Waals surface area contributed by atoms with Crippen molar-refractivity contribution in [1.29, 1.82) is 0 Å². The van der Waals surface area contributed by atoms with Crippen LogP contribution in [0.1, 0.15) is 28.7 Å². The Morgan fingerprint density at radius 3 is 2.46 bits per heavy atom. The predicted octanol–water partition coefficient (Wildman–Crippen LogP) is 4.06. The monoisotopic (exact) mass is 388 g/mol. The van der Waals surface area contributed by atoms with Gasteiger partial charge in [0.2, 0.25) is 0 Å². The molecule has 0 saturated carbocycles. The van der Waals surface area contributed by atoms with Crippen LogP contribution in [0.15, 0.2) is 48.8 Å². The first kappa shape index (κ1) is 18.7. The molecule has 1 heterocycles. The van der Waals surface area contributed by atoms with Crippen LogP contribution < -0.4 is 0 Å². The molecule has 7 heteroatoms. The van der Waals surface area contributed by atoms with Crippen LogP contribution in [0, 0.1) is 6.92 Å². The third kappa shape index (κ3) is 2.91. The summed E-state index contributed by atoms with van der Waals surface area (Å²) in [5.74, 6) is -1.66. The number of benzene rings is 2. The van der Waals surface area contributed by atoms with Crippen molar-refractivity contribution in [2.75, 3.05) is 13.2 Å². The van der Waals surface area contributed by atoms with Gasteiger partial charge >= 0.3 is 6.18 Å². The van der Waals surface area contributed by atoms with Crippen molar-refractivity contribution in [3.63, 3.8) is 0 Å². The van der Waals surface area contributed by atoms with E-state index in [2.05, 4.69) is 5.10 Å². The quantitative estimate of drug-likeness (QED) is 0.709. The van der Waals surface area contributed by atoms with E-state index in [9.17, 15) is 23.4 Å². The Kier molecular flexibility index (Phi) is 4.51. The van der Waals surface area contributed by atoms with Crippen LogP contribution in [-0.2, 0) is 0 Å². The molecule has 0 radical (unpaired) electrons. The number of alkyl halides is 3. The Balaban J connectivity index is 1.94. The number of halogens is 3. The van der Waals surface area contributed by atoms with Crippen LogP contribution in [0.25, 0.3) is 22.3 Å². The van der Waals surface area contributed by atoms with Crippen LogP contribution in [0.2, 0.25) is 0 Å². The van der Waals surface area contributed by atoms with Crippen LogP contribution in [0.4, 0.5) is 13.2 Å². The summed E-state index contributed by atoms with van der Waals surface area (Å²) >= 11 is 0. The Morgan fingerprint density at radius 2 is 1.79 bits per heavy atom. The Hall–Kier alpha value is -2.64. The molecule has 0 saturated heterocycles. The maximum Gasteiger partial charge on any atom is 0.399 e. The number of aromatic nitrogens is 2. The number of aliphatic hydroxyl groups excluding tert-OH is 2. The van der Waals surface area contributed by atoms with E-state index in [0.29, 0.717) is 22.3 Å². The van der Waals surface area contributed by atoms with Crippen molar-refractivity contribution in [2.24, 2.45) is 0 Å². The number of rotatable bonds is 4. The average Bonchev–Trinajstić information content (AvgIpc) is 3.24. The highest BCUT2D eigenvalue weighted by Gasteiger charge is 2.48. The van der Waals surface area contributed by atoms with Gasteiger partial charge in [0.05, 0.1) is 25.5 Å². The first-order valence-electron chi connectivity index (χ1n) is 8.92. The minimum atomic E-state index is -4.39. The highest BCUT2D eigenvalue weighted by molar-refractivity contribution is 5.91. The summed E-state index contributed by atoms with van der Waals surface area (Å²) in [6.45, 7) is 1.19. The number of aryl methyl sites for hydroxylation is 1.